The number of ether oxygens (including phenoxy) is 2. The van der Waals surface area contributed by atoms with E-state index in [0.717, 1.165) is 53.9 Å². The first-order valence-corrected chi connectivity index (χ1v) is 13.8. The Morgan fingerprint density at radius 2 is 2.03 bits per heavy atom. The van der Waals surface area contributed by atoms with Gasteiger partial charge < -0.3 is 23.7 Å². The van der Waals surface area contributed by atoms with Gasteiger partial charge in [0, 0.05) is 31.0 Å². The van der Waals surface area contributed by atoms with Gasteiger partial charge in [-0.25, -0.2) is 4.98 Å². The molecule has 8 heteroatoms. The molecule has 206 valence electrons. The Hall–Kier alpha value is -2.97. The highest BCUT2D eigenvalue weighted by Crippen LogP contribution is 2.28. The second-order valence-electron chi connectivity index (χ2n) is 11.1. The molecule has 1 aliphatic rings. The molecule has 1 fully saturated rings. The van der Waals surface area contributed by atoms with Gasteiger partial charge in [0.15, 0.2) is 0 Å². The molecule has 1 saturated heterocycles. The topological polar surface area (TPSA) is 95.6 Å². The van der Waals surface area contributed by atoms with E-state index in [-0.39, 0.29) is 23.6 Å². The molecule has 1 aliphatic heterocycles. The molecule has 4 rings (SSSR count). The van der Waals surface area contributed by atoms with Gasteiger partial charge in [0.1, 0.15) is 5.82 Å². The number of carbonyl (C=O) groups excluding carboxylic acids is 1. The van der Waals surface area contributed by atoms with E-state index in [1.807, 2.05) is 33.0 Å². The number of fused-ring (bicyclic) bond motifs is 1. The smallest absolute Gasteiger partial charge is 0.311 e. The van der Waals surface area contributed by atoms with Crippen LogP contribution >= 0.6 is 0 Å². The molecular weight excluding hydrogens is 482 g/mol. The van der Waals surface area contributed by atoms with E-state index in [1.165, 1.54) is 0 Å². The summed E-state index contributed by atoms with van der Waals surface area (Å²) >= 11 is 0. The molecule has 0 saturated carbocycles. The minimum absolute atomic E-state index is 0.0195. The number of benzene rings is 1. The predicted octanol–water partition coefficient (Wildman–Crippen LogP) is 4.41. The standard InChI is InChI=1S/C30H41N3O5/c1-19(2)18-38-30(36)25(21(4)34)11-9-22-10-12-27-26(15-22)31-28(23-14-20(3)29(35)32(5)16-23)33(27)17-24-8-6-7-13-37-24/h10,12,14-16,19,21,24-25,34H,6-9,11,13,17-18H2,1-5H3/t21-,24?,25+/m1/s1. The molecule has 3 atom stereocenters. The maximum Gasteiger partial charge on any atom is 0.311 e. The van der Waals surface area contributed by atoms with Crippen LogP contribution in [0.25, 0.3) is 22.4 Å². The summed E-state index contributed by atoms with van der Waals surface area (Å²) in [5.41, 5.74) is 4.45. The Labute approximate surface area is 224 Å². The molecule has 0 spiro atoms. The lowest BCUT2D eigenvalue weighted by Gasteiger charge is -2.24. The van der Waals surface area contributed by atoms with E-state index in [0.29, 0.717) is 31.6 Å². The third-order valence-electron chi connectivity index (χ3n) is 7.28. The molecule has 1 N–H and O–H groups in total. The average molecular weight is 524 g/mol. The van der Waals surface area contributed by atoms with Gasteiger partial charge in [-0.3, -0.25) is 9.59 Å². The Morgan fingerprint density at radius 3 is 2.68 bits per heavy atom. The largest absolute Gasteiger partial charge is 0.465 e. The number of hydrogen-bond acceptors (Lipinski definition) is 6. The number of hydrogen-bond donors (Lipinski definition) is 1. The number of pyridine rings is 1. The lowest BCUT2D eigenvalue weighted by atomic mass is 9.95. The van der Waals surface area contributed by atoms with Crippen molar-refractivity contribution in [2.45, 2.75) is 78.6 Å². The number of carbonyl (C=O) groups is 1. The van der Waals surface area contributed by atoms with E-state index in [4.69, 9.17) is 14.5 Å². The first kappa shape index (κ1) is 28.0. The van der Waals surface area contributed by atoms with Crippen LogP contribution in [0.15, 0.2) is 35.3 Å². The van der Waals surface area contributed by atoms with E-state index in [2.05, 4.69) is 22.8 Å². The van der Waals surface area contributed by atoms with Crippen molar-refractivity contribution in [3.8, 4) is 11.4 Å². The summed E-state index contributed by atoms with van der Waals surface area (Å²) in [4.78, 5) is 29.9. The van der Waals surface area contributed by atoms with Crippen LogP contribution in [0.1, 0.15) is 57.6 Å². The number of imidazole rings is 1. The van der Waals surface area contributed by atoms with Crippen molar-refractivity contribution in [1.82, 2.24) is 14.1 Å². The third-order valence-corrected chi connectivity index (χ3v) is 7.28. The van der Waals surface area contributed by atoms with Gasteiger partial charge in [-0.15, -0.1) is 0 Å². The molecule has 3 aromatic rings. The number of rotatable bonds is 10. The van der Waals surface area contributed by atoms with Crippen molar-refractivity contribution in [2.75, 3.05) is 13.2 Å². The van der Waals surface area contributed by atoms with Crippen LogP contribution in [0.3, 0.4) is 0 Å². The minimum atomic E-state index is -0.785. The van der Waals surface area contributed by atoms with Gasteiger partial charge in [-0.2, -0.15) is 0 Å². The Bertz CT molecular complexity index is 1290. The fraction of sp³-hybridized carbons (Fsp3) is 0.567. The van der Waals surface area contributed by atoms with Gasteiger partial charge in [0.05, 0.1) is 42.3 Å². The van der Waals surface area contributed by atoms with Crippen LogP contribution < -0.4 is 5.56 Å². The molecule has 1 unspecified atom stereocenters. The van der Waals surface area contributed by atoms with E-state index in [1.54, 1.807) is 18.5 Å². The predicted molar refractivity (Wildman–Crippen MR) is 148 cm³/mol. The number of aromatic nitrogens is 3. The fourth-order valence-electron chi connectivity index (χ4n) is 5.13. The monoisotopic (exact) mass is 523 g/mol. The minimum Gasteiger partial charge on any atom is -0.465 e. The lowest BCUT2D eigenvalue weighted by molar-refractivity contribution is -0.153. The van der Waals surface area contributed by atoms with Crippen molar-refractivity contribution in [3.05, 3.63) is 51.9 Å². The van der Waals surface area contributed by atoms with Gasteiger partial charge >= 0.3 is 5.97 Å². The lowest BCUT2D eigenvalue weighted by Crippen LogP contribution is -2.29. The molecule has 0 bridgehead atoms. The zero-order chi connectivity index (χ0) is 27.4. The van der Waals surface area contributed by atoms with Gasteiger partial charge in [0.25, 0.3) is 5.56 Å². The summed E-state index contributed by atoms with van der Waals surface area (Å²) in [6.45, 7) is 9.27. The van der Waals surface area contributed by atoms with E-state index < -0.39 is 12.0 Å². The summed E-state index contributed by atoms with van der Waals surface area (Å²) in [5, 5.41) is 10.2. The van der Waals surface area contributed by atoms with Crippen molar-refractivity contribution >= 4 is 17.0 Å². The van der Waals surface area contributed by atoms with Crippen molar-refractivity contribution in [2.24, 2.45) is 18.9 Å². The summed E-state index contributed by atoms with van der Waals surface area (Å²) in [6.07, 6.45) is 5.54. The quantitative estimate of drug-likeness (QED) is 0.396. The van der Waals surface area contributed by atoms with Gasteiger partial charge in [-0.05, 0) is 75.6 Å². The molecule has 0 aliphatic carbocycles. The summed E-state index contributed by atoms with van der Waals surface area (Å²) < 4.78 is 15.3. The normalized spacial score (nSPS) is 17.6. The van der Waals surface area contributed by atoms with Crippen molar-refractivity contribution in [1.29, 1.82) is 0 Å². The van der Waals surface area contributed by atoms with Crippen LogP contribution in [0.5, 0.6) is 0 Å². The number of aryl methyl sites for hydroxylation is 3. The summed E-state index contributed by atoms with van der Waals surface area (Å²) in [5.74, 6) is 0.132. The highest BCUT2D eigenvalue weighted by molar-refractivity contribution is 5.81. The Morgan fingerprint density at radius 1 is 1.24 bits per heavy atom. The first-order chi connectivity index (χ1) is 18.1. The van der Waals surface area contributed by atoms with Crippen LogP contribution in [-0.2, 0) is 34.3 Å². The molecule has 8 nitrogen and oxygen atoms in total. The highest BCUT2D eigenvalue weighted by Gasteiger charge is 2.26. The van der Waals surface area contributed by atoms with Crippen LogP contribution in [0.4, 0.5) is 0 Å². The zero-order valence-corrected chi connectivity index (χ0v) is 23.3. The zero-order valence-electron chi connectivity index (χ0n) is 23.3. The van der Waals surface area contributed by atoms with Crippen LogP contribution in [0, 0.1) is 18.8 Å². The van der Waals surface area contributed by atoms with E-state index >= 15 is 0 Å². The highest BCUT2D eigenvalue weighted by atomic mass is 16.5. The number of aliphatic hydroxyl groups is 1. The Balaban J connectivity index is 1.64. The molecule has 0 radical (unpaired) electrons. The number of nitrogens with zero attached hydrogens (tertiary/aromatic N) is 3. The number of aliphatic hydroxyl groups excluding tert-OH is 1. The summed E-state index contributed by atoms with van der Waals surface area (Å²) in [6, 6.07) is 8.10. The molecule has 3 heterocycles. The van der Waals surface area contributed by atoms with Crippen LogP contribution in [-0.4, -0.2) is 50.6 Å². The molecule has 0 amide bonds. The number of esters is 1. The van der Waals surface area contributed by atoms with Crippen LogP contribution in [0.2, 0.25) is 0 Å². The molecule has 1 aromatic carbocycles. The van der Waals surface area contributed by atoms with Crippen molar-refractivity contribution < 1.29 is 19.4 Å². The first-order valence-electron chi connectivity index (χ1n) is 13.8. The second kappa shape index (κ2) is 12.3. The molecule has 38 heavy (non-hydrogen) atoms. The SMILES string of the molecule is Cc1cc(-c2nc3cc(CC[C@H](C(=O)OCC(C)C)[C@@H](C)O)ccc3n2CC2CCCCO2)cn(C)c1=O. The maximum atomic E-state index is 12.6. The second-order valence-corrected chi connectivity index (χ2v) is 11.1. The maximum absolute atomic E-state index is 12.6. The molecule has 2 aromatic heterocycles. The van der Waals surface area contributed by atoms with Gasteiger partial charge in [0.2, 0.25) is 0 Å². The third kappa shape index (κ3) is 6.53. The molecular formula is C30H41N3O5. The average Bonchev–Trinajstić information content (AvgIpc) is 3.23. The van der Waals surface area contributed by atoms with E-state index in [9.17, 15) is 14.7 Å². The summed E-state index contributed by atoms with van der Waals surface area (Å²) in [7, 11) is 1.76. The van der Waals surface area contributed by atoms with Gasteiger partial charge in [-0.1, -0.05) is 19.9 Å². The fourth-order valence-corrected chi connectivity index (χ4v) is 5.13. The Kier molecular flexibility index (Phi) is 9.05. The van der Waals surface area contributed by atoms with Crippen molar-refractivity contribution in [3.63, 3.8) is 0 Å².